The fourth-order valence-electron chi connectivity index (χ4n) is 1.61. The van der Waals surface area contributed by atoms with Gasteiger partial charge in [-0.25, -0.2) is 0 Å². The molecule has 14 heavy (non-hydrogen) atoms. The highest BCUT2D eigenvalue weighted by molar-refractivity contribution is 9.10. The van der Waals surface area contributed by atoms with Crippen molar-refractivity contribution in [1.29, 1.82) is 0 Å². The summed E-state index contributed by atoms with van der Waals surface area (Å²) in [5.74, 6) is 0. The molecule has 0 radical (unpaired) electrons. The van der Waals surface area contributed by atoms with E-state index in [2.05, 4.69) is 38.6 Å². The van der Waals surface area contributed by atoms with Gasteiger partial charge in [0.05, 0.1) is 11.7 Å². The number of nitrogens with zero attached hydrogens (tertiary/aromatic N) is 2. The summed E-state index contributed by atoms with van der Waals surface area (Å²) in [5.41, 5.74) is 1.22. The maximum absolute atomic E-state index is 4.15. The molecule has 0 atom stereocenters. The van der Waals surface area contributed by atoms with Crippen LogP contribution in [0.5, 0.6) is 0 Å². The first-order valence-corrected chi connectivity index (χ1v) is 5.70. The van der Waals surface area contributed by atoms with Crippen molar-refractivity contribution in [3.63, 3.8) is 0 Å². The van der Waals surface area contributed by atoms with Gasteiger partial charge < -0.3 is 4.57 Å². The molecule has 2 heterocycles. The van der Waals surface area contributed by atoms with Crippen LogP contribution in [-0.2, 0) is 6.54 Å². The lowest BCUT2D eigenvalue weighted by Crippen LogP contribution is -1.94. The number of hydrogen-bond donors (Lipinski definition) is 0. The quantitative estimate of drug-likeness (QED) is 0.817. The van der Waals surface area contributed by atoms with Crippen molar-refractivity contribution in [2.24, 2.45) is 0 Å². The van der Waals surface area contributed by atoms with E-state index in [0.717, 1.165) is 11.0 Å². The molecule has 2 nitrogen and oxygen atoms in total. The summed E-state index contributed by atoms with van der Waals surface area (Å²) in [6.07, 6.45) is 8.33. The van der Waals surface area contributed by atoms with Gasteiger partial charge in [0.2, 0.25) is 0 Å². The third-order valence-electron chi connectivity index (χ3n) is 2.39. The number of pyridine rings is 1. The molecule has 0 N–H and O–H groups in total. The van der Waals surface area contributed by atoms with E-state index < -0.39 is 0 Å². The van der Waals surface area contributed by atoms with E-state index in [1.165, 1.54) is 23.7 Å². The monoisotopic (exact) mass is 252 g/mol. The molecule has 3 heteroatoms. The molecule has 0 saturated heterocycles. The van der Waals surface area contributed by atoms with Crippen LogP contribution in [0.15, 0.2) is 29.1 Å². The second-order valence-electron chi connectivity index (χ2n) is 3.42. The van der Waals surface area contributed by atoms with Gasteiger partial charge in [-0.15, -0.1) is 0 Å². The number of hydrogen-bond acceptors (Lipinski definition) is 1. The van der Waals surface area contributed by atoms with Crippen LogP contribution in [0.25, 0.3) is 10.9 Å². The predicted octanol–water partition coefficient (Wildman–Crippen LogP) is 3.60. The van der Waals surface area contributed by atoms with Crippen molar-refractivity contribution in [2.75, 3.05) is 0 Å². The number of fused-ring (bicyclic) bond motifs is 1. The highest BCUT2D eigenvalue weighted by atomic mass is 79.9. The van der Waals surface area contributed by atoms with Gasteiger partial charge in [0.15, 0.2) is 0 Å². The smallest absolute Gasteiger partial charge is 0.0678 e. The van der Waals surface area contributed by atoms with E-state index in [4.69, 9.17) is 0 Å². The predicted molar refractivity (Wildman–Crippen MR) is 62.3 cm³/mol. The van der Waals surface area contributed by atoms with E-state index in [0.29, 0.717) is 0 Å². The van der Waals surface area contributed by atoms with Crippen molar-refractivity contribution in [3.8, 4) is 0 Å². The zero-order valence-electron chi connectivity index (χ0n) is 8.20. The summed E-state index contributed by atoms with van der Waals surface area (Å²) in [5, 5.41) is 1.25. The van der Waals surface area contributed by atoms with Gasteiger partial charge in [0.25, 0.3) is 0 Å². The third kappa shape index (κ3) is 1.69. The second kappa shape index (κ2) is 4.13. The van der Waals surface area contributed by atoms with Crippen LogP contribution in [0.3, 0.4) is 0 Å². The highest BCUT2D eigenvalue weighted by Gasteiger charge is 2.04. The summed E-state index contributed by atoms with van der Waals surface area (Å²) in [7, 11) is 0. The normalized spacial score (nSPS) is 11.0. The van der Waals surface area contributed by atoms with Crippen LogP contribution in [0.2, 0.25) is 0 Å². The molecule has 0 aliphatic carbocycles. The Bertz CT molecular complexity index is 434. The van der Waals surface area contributed by atoms with E-state index in [1.54, 1.807) is 0 Å². The lowest BCUT2D eigenvalue weighted by Gasteiger charge is -2.02. The fraction of sp³-hybridized carbons (Fsp3) is 0.364. The molecule has 0 saturated carbocycles. The average Bonchev–Trinajstić information content (AvgIpc) is 2.54. The Morgan fingerprint density at radius 3 is 3.14 bits per heavy atom. The summed E-state index contributed by atoms with van der Waals surface area (Å²) in [4.78, 5) is 4.15. The van der Waals surface area contributed by atoms with Crippen molar-refractivity contribution >= 4 is 26.8 Å². The number of rotatable bonds is 3. The standard InChI is InChI=1S/C11H13BrN2/c1-2-3-6-14-8-10(12)9-4-5-13-7-11(9)14/h4-5,7-8H,2-3,6H2,1H3. The lowest BCUT2D eigenvalue weighted by atomic mass is 10.3. The van der Waals surface area contributed by atoms with Crippen LogP contribution in [0.4, 0.5) is 0 Å². The molecule has 74 valence electrons. The summed E-state index contributed by atoms with van der Waals surface area (Å²) in [6, 6.07) is 2.04. The van der Waals surface area contributed by atoms with E-state index in [9.17, 15) is 0 Å². The fourth-order valence-corrected chi connectivity index (χ4v) is 2.19. The molecular weight excluding hydrogens is 240 g/mol. The van der Waals surface area contributed by atoms with Crippen molar-refractivity contribution in [2.45, 2.75) is 26.3 Å². The Balaban J connectivity index is 2.44. The maximum Gasteiger partial charge on any atom is 0.0678 e. The molecule has 0 fully saturated rings. The van der Waals surface area contributed by atoms with Crippen LogP contribution in [0, 0.1) is 0 Å². The van der Waals surface area contributed by atoms with E-state index >= 15 is 0 Å². The van der Waals surface area contributed by atoms with Gasteiger partial charge in [-0.05, 0) is 28.4 Å². The minimum absolute atomic E-state index is 1.07. The van der Waals surface area contributed by atoms with Gasteiger partial charge in [-0.2, -0.15) is 0 Å². The van der Waals surface area contributed by atoms with E-state index in [1.807, 2.05) is 18.5 Å². The molecule has 2 rings (SSSR count). The highest BCUT2D eigenvalue weighted by Crippen LogP contribution is 2.25. The summed E-state index contributed by atoms with van der Waals surface area (Å²) in [6.45, 7) is 3.28. The molecular formula is C11H13BrN2. The summed E-state index contributed by atoms with van der Waals surface area (Å²) < 4.78 is 3.42. The van der Waals surface area contributed by atoms with Crippen LogP contribution < -0.4 is 0 Å². The van der Waals surface area contributed by atoms with Crippen LogP contribution in [0.1, 0.15) is 19.8 Å². The van der Waals surface area contributed by atoms with Crippen molar-refractivity contribution in [3.05, 3.63) is 29.1 Å². The molecule has 0 bridgehead atoms. The van der Waals surface area contributed by atoms with Gasteiger partial charge in [0, 0.05) is 28.8 Å². The topological polar surface area (TPSA) is 17.8 Å². The van der Waals surface area contributed by atoms with Crippen LogP contribution in [-0.4, -0.2) is 9.55 Å². The molecule has 0 spiro atoms. The van der Waals surface area contributed by atoms with Gasteiger partial charge in [-0.1, -0.05) is 13.3 Å². The number of aryl methyl sites for hydroxylation is 1. The largest absolute Gasteiger partial charge is 0.345 e. The van der Waals surface area contributed by atoms with E-state index in [-0.39, 0.29) is 0 Å². The number of aromatic nitrogens is 2. The van der Waals surface area contributed by atoms with Gasteiger partial charge >= 0.3 is 0 Å². The number of unbranched alkanes of at least 4 members (excludes halogenated alkanes) is 1. The Kier molecular flexibility index (Phi) is 2.87. The third-order valence-corrected chi connectivity index (χ3v) is 3.02. The first-order valence-electron chi connectivity index (χ1n) is 4.91. The molecule has 0 unspecified atom stereocenters. The van der Waals surface area contributed by atoms with Gasteiger partial charge in [0.1, 0.15) is 0 Å². The zero-order valence-corrected chi connectivity index (χ0v) is 9.79. The molecule has 0 aromatic carbocycles. The Morgan fingerprint density at radius 1 is 1.50 bits per heavy atom. The minimum Gasteiger partial charge on any atom is -0.345 e. The Labute approximate surface area is 92.1 Å². The van der Waals surface area contributed by atoms with Crippen molar-refractivity contribution < 1.29 is 0 Å². The SMILES string of the molecule is CCCCn1cc(Br)c2ccncc21. The summed E-state index contributed by atoms with van der Waals surface area (Å²) >= 11 is 3.56. The molecule has 0 aliphatic heterocycles. The zero-order chi connectivity index (χ0) is 9.97. The van der Waals surface area contributed by atoms with Crippen LogP contribution >= 0.6 is 15.9 Å². The molecule has 0 aliphatic rings. The molecule has 2 aromatic rings. The first kappa shape index (κ1) is 9.71. The number of halogens is 1. The maximum atomic E-state index is 4.15. The Morgan fingerprint density at radius 2 is 2.36 bits per heavy atom. The minimum atomic E-state index is 1.07. The van der Waals surface area contributed by atoms with Gasteiger partial charge in [-0.3, -0.25) is 4.98 Å². The second-order valence-corrected chi connectivity index (χ2v) is 4.27. The first-order chi connectivity index (χ1) is 6.83. The average molecular weight is 253 g/mol. The molecule has 0 amide bonds. The molecule has 2 aromatic heterocycles. The Hall–Kier alpha value is -0.830. The van der Waals surface area contributed by atoms with Crippen molar-refractivity contribution in [1.82, 2.24) is 9.55 Å². The lowest BCUT2D eigenvalue weighted by molar-refractivity contribution is 0.649.